The minimum absolute atomic E-state index is 0.0886. The highest BCUT2D eigenvalue weighted by molar-refractivity contribution is 5.87. The molecule has 1 amide bonds. The molecule has 4 aromatic rings. The van der Waals surface area contributed by atoms with Crippen LogP contribution < -0.4 is 11.1 Å². The molecule has 40 heavy (non-hydrogen) atoms. The van der Waals surface area contributed by atoms with E-state index >= 15 is 0 Å². The van der Waals surface area contributed by atoms with E-state index in [2.05, 4.69) is 69.0 Å². The Bertz CT molecular complexity index is 1440. The quantitative estimate of drug-likeness (QED) is 0.212. The van der Waals surface area contributed by atoms with Crippen LogP contribution in [-0.2, 0) is 6.54 Å². The van der Waals surface area contributed by atoms with Gasteiger partial charge in [0.15, 0.2) is 5.82 Å². The Kier molecular flexibility index (Phi) is 8.49. The molecule has 1 aliphatic carbocycles. The van der Waals surface area contributed by atoms with Crippen LogP contribution in [0.2, 0.25) is 0 Å². The summed E-state index contributed by atoms with van der Waals surface area (Å²) >= 11 is 0. The highest BCUT2D eigenvalue weighted by atomic mass is 16.5. The van der Waals surface area contributed by atoms with Crippen LogP contribution in [0.15, 0.2) is 71.5 Å². The number of nitrogens with two attached hydrogens (primary N) is 1. The first-order valence-corrected chi connectivity index (χ1v) is 13.4. The fourth-order valence-electron chi connectivity index (χ4n) is 5.12. The lowest BCUT2D eigenvalue weighted by atomic mass is 9.71. The van der Waals surface area contributed by atoms with E-state index in [9.17, 15) is 15.0 Å². The molecule has 1 saturated carbocycles. The van der Waals surface area contributed by atoms with Crippen LogP contribution in [0.4, 0.5) is 0 Å². The van der Waals surface area contributed by atoms with Gasteiger partial charge in [-0.1, -0.05) is 65.8 Å². The first-order chi connectivity index (χ1) is 19.4. The highest BCUT2D eigenvalue weighted by Gasteiger charge is 2.30. The second kappa shape index (κ2) is 12.4. The SMILES string of the molecule is C[C@H](O)c1nccn1C(/C=C/c1ccc(-c2ccc(C3CC(CNCc4noc(C(N)=O)n4)C3)cc2)cc1)CO. The molecule has 1 aliphatic rings. The van der Waals surface area contributed by atoms with Crippen molar-refractivity contribution in [1.29, 1.82) is 0 Å². The van der Waals surface area contributed by atoms with Crippen LogP contribution in [0, 0.1) is 5.92 Å². The zero-order valence-electron chi connectivity index (χ0n) is 22.4. The van der Waals surface area contributed by atoms with E-state index < -0.39 is 12.0 Å². The third-order valence-corrected chi connectivity index (χ3v) is 7.38. The minimum atomic E-state index is -0.719. The number of carbonyl (C=O) groups is 1. The Balaban J connectivity index is 1.10. The van der Waals surface area contributed by atoms with Gasteiger partial charge >= 0.3 is 11.8 Å². The topological polar surface area (TPSA) is 152 Å². The smallest absolute Gasteiger partial charge is 0.315 e. The molecule has 0 radical (unpaired) electrons. The number of rotatable bonds is 12. The average Bonchev–Trinajstić information content (AvgIpc) is 3.62. The first kappa shape index (κ1) is 27.4. The molecule has 1 fully saturated rings. The molecule has 2 atom stereocenters. The molecule has 0 bridgehead atoms. The van der Waals surface area contributed by atoms with E-state index in [1.165, 1.54) is 11.1 Å². The number of amides is 1. The molecular weight excluding hydrogens is 508 g/mol. The molecule has 0 aliphatic heterocycles. The van der Waals surface area contributed by atoms with Gasteiger partial charge in [0.05, 0.1) is 19.2 Å². The highest BCUT2D eigenvalue weighted by Crippen LogP contribution is 2.41. The Hall–Kier alpha value is -4.12. The maximum absolute atomic E-state index is 11.0. The lowest BCUT2D eigenvalue weighted by molar-refractivity contribution is 0.0958. The van der Waals surface area contributed by atoms with Crippen LogP contribution in [0.25, 0.3) is 17.2 Å². The maximum Gasteiger partial charge on any atom is 0.315 e. The minimum Gasteiger partial charge on any atom is -0.394 e. The zero-order chi connectivity index (χ0) is 28.1. The fraction of sp³-hybridized carbons (Fsp3) is 0.333. The van der Waals surface area contributed by atoms with E-state index in [1.807, 2.05) is 12.2 Å². The molecule has 208 valence electrons. The summed E-state index contributed by atoms with van der Waals surface area (Å²) in [7, 11) is 0. The van der Waals surface area contributed by atoms with E-state index in [0.717, 1.165) is 30.5 Å². The van der Waals surface area contributed by atoms with Crippen molar-refractivity contribution < 1.29 is 19.5 Å². The summed E-state index contributed by atoms with van der Waals surface area (Å²) in [6.45, 7) is 2.88. The number of imidazole rings is 1. The number of hydrogen-bond acceptors (Lipinski definition) is 8. The molecular formula is C30H34N6O4. The molecule has 5 rings (SSSR count). The number of carbonyl (C=O) groups excluding carboxylic acids is 1. The Labute approximate surface area is 232 Å². The van der Waals surface area contributed by atoms with Gasteiger partial charge in [-0.15, -0.1) is 0 Å². The summed E-state index contributed by atoms with van der Waals surface area (Å²) in [5.74, 6) is 1.22. The van der Waals surface area contributed by atoms with E-state index in [-0.39, 0.29) is 18.5 Å². The number of nitrogens with one attached hydrogen (secondary N) is 1. The van der Waals surface area contributed by atoms with Gasteiger partial charge in [0.25, 0.3) is 0 Å². The second-order valence-electron chi connectivity index (χ2n) is 10.3. The molecule has 10 nitrogen and oxygen atoms in total. The van der Waals surface area contributed by atoms with Gasteiger partial charge in [0.1, 0.15) is 11.9 Å². The molecule has 0 spiro atoms. The standard InChI is InChI=1S/C30H34N6O4/c1-19(38)29-33-12-13-36(29)26(18-37)11-4-20-2-5-22(6-3-20)23-7-9-24(10-8-23)25-14-21(15-25)16-32-17-27-34-30(28(31)39)40-35-27/h2-13,19,21,25-26,32,37-38H,14-18H2,1H3,(H2,31,39)/b11-4+/t19-,21?,25?,26?/m0/s1. The van der Waals surface area contributed by atoms with Crippen molar-refractivity contribution in [2.75, 3.05) is 13.2 Å². The summed E-state index contributed by atoms with van der Waals surface area (Å²) in [6, 6.07) is 16.8. The van der Waals surface area contributed by atoms with Gasteiger partial charge in [-0.25, -0.2) is 4.98 Å². The Morgan fingerprint density at radius 1 is 1.18 bits per heavy atom. The monoisotopic (exact) mass is 542 g/mol. The molecule has 0 saturated heterocycles. The van der Waals surface area contributed by atoms with Crippen LogP contribution in [0.1, 0.15) is 71.3 Å². The maximum atomic E-state index is 11.0. The van der Waals surface area contributed by atoms with Gasteiger partial charge in [-0.05, 0) is 60.4 Å². The van der Waals surface area contributed by atoms with Gasteiger partial charge in [-0.3, -0.25) is 4.79 Å². The molecule has 2 aromatic carbocycles. The van der Waals surface area contributed by atoms with Crippen LogP contribution >= 0.6 is 0 Å². The number of aromatic nitrogens is 4. The number of aliphatic hydroxyl groups excluding tert-OH is 2. The second-order valence-corrected chi connectivity index (χ2v) is 10.3. The zero-order valence-corrected chi connectivity index (χ0v) is 22.4. The summed E-state index contributed by atoms with van der Waals surface area (Å²) < 4.78 is 6.58. The summed E-state index contributed by atoms with van der Waals surface area (Å²) in [5.41, 5.74) is 9.82. The van der Waals surface area contributed by atoms with Crippen molar-refractivity contribution in [3.63, 3.8) is 0 Å². The fourth-order valence-corrected chi connectivity index (χ4v) is 5.12. The number of aliphatic hydroxyl groups is 2. The normalized spacial score (nSPS) is 18.5. The average molecular weight is 543 g/mol. The van der Waals surface area contributed by atoms with Gasteiger partial charge in [-0.2, -0.15) is 4.98 Å². The number of nitrogens with zero attached hydrogens (tertiary/aromatic N) is 4. The predicted octanol–water partition coefficient (Wildman–Crippen LogP) is 3.62. The van der Waals surface area contributed by atoms with Crippen LogP contribution in [0.3, 0.4) is 0 Å². The third-order valence-electron chi connectivity index (χ3n) is 7.38. The summed E-state index contributed by atoms with van der Waals surface area (Å²) in [4.78, 5) is 19.2. The van der Waals surface area contributed by atoms with Gasteiger partial charge in [0.2, 0.25) is 0 Å². The Morgan fingerprint density at radius 2 is 1.88 bits per heavy atom. The third kappa shape index (κ3) is 6.36. The van der Waals surface area contributed by atoms with Crippen molar-refractivity contribution in [2.24, 2.45) is 11.7 Å². The number of primary amides is 1. The largest absolute Gasteiger partial charge is 0.394 e. The van der Waals surface area contributed by atoms with Gasteiger partial charge in [0, 0.05) is 12.4 Å². The summed E-state index contributed by atoms with van der Waals surface area (Å²) in [6.07, 6.45) is 8.83. The summed E-state index contributed by atoms with van der Waals surface area (Å²) in [5, 5.41) is 26.8. The van der Waals surface area contributed by atoms with Gasteiger partial charge < -0.3 is 30.4 Å². The number of benzene rings is 2. The molecule has 2 heterocycles. The first-order valence-electron chi connectivity index (χ1n) is 13.4. The van der Waals surface area contributed by atoms with Crippen molar-refractivity contribution in [2.45, 2.75) is 44.4 Å². The lowest BCUT2D eigenvalue weighted by Gasteiger charge is -2.36. The molecule has 5 N–H and O–H groups in total. The van der Waals surface area contributed by atoms with Crippen molar-refractivity contribution in [3.8, 4) is 11.1 Å². The van der Waals surface area contributed by atoms with E-state index in [0.29, 0.717) is 30.0 Å². The predicted molar refractivity (Wildman–Crippen MR) is 150 cm³/mol. The van der Waals surface area contributed by atoms with Crippen molar-refractivity contribution >= 4 is 12.0 Å². The molecule has 1 unspecified atom stereocenters. The Morgan fingerprint density at radius 3 is 2.50 bits per heavy atom. The molecule has 10 heteroatoms. The van der Waals surface area contributed by atoms with Crippen molar-refractivity contribution in [1.82, 2.24) is 25.0 Å². The van der Waals surface area contributed by atoms with Crippen LogP contribution in [-0.4, -0.2) is 49.0 Å². The lowest BCUT2D eigenvalue weighted by Crippen LogP contribution is -2.32. The van der Waals surface area contributed by atoms with E-state index in [4.69, 9.17) is 10.3 Å². The van der Waals surface area contributed by atoms with E-state index in [1.54, 1.807) is 23.9 Å². The molecule has 2 aromatic heterocycles. The number of hydrogen-bond donors (Lipinski definition) is 4. The van der Waals surface area contributed by atoms with Crippen molar-refractivity contribution in [3.05, 3.63) is 95.7 Å². The van der Waals surface area contributed by atoms with Crippen LogP contribution in [0.5, 0.6) is 0 Å².